The first kappa shape index (κ1) is 10.4. The summed E-state index contributed by atoms with van der Waals surface area (Å²) in [5.41, 5.74) is 0.0464. The summed E-state index contributed by atoms with van der Waals surface area (Å²) in [6.07, 6.45) is 3.33. The topological polar surface area (TPSA) is 30.5 Å². The largest absolute Gasteiger partial charge is 0.378 e. The van der Waals surface area contributed by atoms with Crippen LogP contribution in [0.25, 0.3) is 0 Å². The van der Waals surface area contributed by atoms with E-state index in [1.165, 1.54) is 0 Å². The highest BCUT2D eigenvalue weighted by atomic mass is 16.6. The van der Waals surface area contributed by atoms with Crippen LogP contribution in [0.5, 0.6) is 0 Å². The van der Waals surface area contributed by atoms with Crippen molar-refractivity contribution in [2.24, 2.45) is 0 Å². The summed E-state index contributed by atoms with van der Waals surface area (Å²) in [5, 5.41) is 3.60. The molecule has 2 aliphatic rings. The number of hydrogen-bond acceptors (Lipinski definition) is 3. The predicted octanol–water partition coefficient (Wildman–Crippen LogP) is 1.32. The van der Waals surface area contributed by atoms with Gasteiger partial charge in [-0.05, 0) is 12.8 Å². The Bertz CT molecular complexity index is 188. The van der Waals surface area contributed by atoms with Crippen molar-refractivity contribution in [1.82, 2.24) is 5.32 Å². The molecule has 1 spiro atoms. The number of hydrogen-bond donors (Lipinski definition) is 1. The van der Waals surface area contributed by atoms with Crippen LogP contribution in [0.3, 0.4) is 0 Å². The van der Waals surface area contributed by atoms with Gasteiger partial charge in [-0.15, -0.1) is 0 Å². The second-order valence-electron chi connectivity index (χ2n) is 4.85. The van der Waals surface area contributed by atoms with Gasteiger partial charge in [0.25, 0.3) is 0 Å². The summed E-state index contributed by atoms with van der Waals surface area (Å²) in [4.78, 5) is 0. The van der Waals surface area contributed by atoms with E-state index in [0.717, 1.165) is 39.1 Å². The number of ether oxygens (including phenoxy) is 2. The van der Waals surface area contributed by atoms with E-state index in [2.05, 4.69) is 19.2 Å². The number of nitrogens with one attached hydrogen (secondary N) is 1. The molecule has 1 N–H and O–H groups in total. The molecule has 0 bridgehead atoms. The van der Waals surface area contributed by atoms with Crippen molar-refractivity contribution in [3.05, 3.63) is 0 Å². The van der Waals surface area contributed by atoms with Crippen LogP contribution >= 0.6 is 0 Å². The van der Waals surface area contributed by atoms with Crippen LogP contribution in [0, 0.1) is 0 Å². The minimum Gasteiger partial charge on any atom is -0.378 e. The molecule has 14 heavy (non-hydrogen) atoms. The molecule has 82 valence electrons. The van der Waals surface area contributed by atoms with E-state index in [-0.39, 0.29) is 5.60 Å². The Morgan fingerprint density at radius 2 is 2.21 bits per heavy atom. The van der Waals surface area contributed by atoms with Crippen LogP contribution in [0.4, 0.5) is 0 Å². The van der Waals surface area contributed by atoms with Crippen molar-refractivity contribution in [2.45, 2.75) is 50.8 Å². The molecule has 2 fully saturated rings. The first-order valence-corrected chi connectivity index (χ1v) is 5.68. The molecule has 2 saturated heterocycles. The molecule has 0 radical (unpaired) electrons. The van der Waals surface area contributed by atoms with E-state index < -0.39 is 0 Å². The Kier molecular flexibility index (Phi) is 3.10. The van der Waals surface area contributed by atoms with Gasteiger partial charge in [0, 0.05) is 31.7 Å². The van der Waals surface area contributed by atoms with Gasteiger partial charge in [0.05, 0.1) is 12.2 Å². The van der Waals surface area contributed by atoms with Crippen LogP contribution in [-0.2, 0) is 9.47 Å². The third kappa shape index (κ3) is 2.27. The Labute approximate surface area is 86.2 Å². The minimum absolute atomic E-state index is 0.0464. The van der Waals surface area contributed by atoms with E-state index in [4.69, 9.17) is 9.47 Å². The van der Waals surface area contributed by atoms with Crippen molar-refractivity contribution < 1.29 is 9.47 Å². The second kappa shape index (κ2) is 4.17. The maximum atomic E-state index is 5.87. The summed E-state index contributed by atoms with van der Waals surface area (Å²) >= 11 is 0. The highest BCUT2D eigenvalue weighted by molar-refractivity contribution is 4.93. The quantitative estimate of drug-likeness (QED) is 0.727. The molecule has 0 aliphatic carbocycles. The zero-order chi connectivity index (χ0) is 10.0. The van der Waals surface area contributed by atoms with Crippen LogP contribution in [0.15, 0.2) is 0 Å². The Morgan fingerprint density at radius 3 is 2.86 bits per heavy atom. The van der Waals surface area contributed by atoms with Gasteiger partial charge in [0.1, 0.15) is 0 Å². The van der Waals surface area contributed by atoms with E-state index >= 15 is 0 Å². The fraction of sp³-hybridized carbons (Fsp3) is 1.00. The highest BCUT2D eigenvalue weighted by Crippen LogP contribution is 2.32. The van der Waals surface area contributed by atoms with Crippen LogP contribution in [0.1, 0.15) is 33.1 Å². The third-order valence-electron chi connectivity index (χ3n) is 3.13. The first-order chi connectivity index (χ1) is 6.70. The Morgan fingerprint density at radius 1 is 1.36 bits per heavy atom. The average Bonchev–Trinajstić information content (AvgIpc) is 2.52. The molecule has 0 saturated carbocycles. The van der Waals surface area contributed by atoms with Gasteiger partial charge in [-0.3, -0.25) is 0 Å². The number of rotatable bonds is 2. The molecular weight excluding hydrogens is 178 g/mol. The van der Waals surface area contributed by atoms with Crippen LogP contribution in [0.2, 0.25) is 0 Å². The van der Waals surface area contributed by atoms with Gasteiger partial charge in [-0.1, -0.05) is 13.8 Å². The summed E-state index contributed by atoms with van der Waals surface area (Å²) in [5.74, 6) is 0. The third-order valence-corrected chi connectivity index (χ3v) is 3.13. The summed E-state index contributed by atoms with van der Waals surface area (Å²) in [6, 6.07) is 1.18. The van der Waals surface area contributed by atoms with E-state index in [1.54, 1.807) is 0 Å². The van der Waals surface area contributed by atoms with Crippen LogP contribution in [-0.4, -0.2) is 37.5 Å². The fourth-order valence-electron chi connectivity index (χ4n) is 2.50. The van der Waals surface area contributed by atoms with Gasteiger partial charge in [0.15, 0.2) is 0 Å². The fourth-order valence-corrected chi connectivity index (χ4v) is 2.50. The lowest BCUT2D eigenvalue weighted by Crippen LogP contribution is -2.49. The normalized spacial score (nSPS) is 38.4. The van der Waals surface area contributed by atoms with E-state index in [9.17, 15) is 0 Å². The molecule has 2 rings (SSSR count). The SMILES string of the molecule is CC(C)NC1CCOC2(CCOC2)C1. The van der Waals surface area contributed by atoms with Gasteiger partial charge in [-0.25, -0.2) is 0 Å². The molecule has 2 aliphatic heterocycles. The molecule has 0 amide bonds. The van der Waals surface area contributed by atoms with Gasteiger partial charge >= 0.3 is 0 Å². The second-order valence-corrected chi connectivity index (χ2v) is 4.85. The van der Waals surface area contributed by atoms with Crippen molar-refractivity contribution in [3.63, 3.8) is 0 Å². The van der Waals surface area contributed by atoms with Crippen molar-refractivity contribution >= 4 is 0 Å². The van der Waals surface area contributed by atoms with Crippen molar-refractivity contribution in [3.8, 4) is 0 Å². The smallest absolute Gasteiger partial charge is 0.0951 e. The van der Waals surface area contributed by atoms with Crippen molar-refractivity contribution in [2.75, 3.05) is 19.8 Å². The predicted molar refractivity (Wildman–Crippen MR) is 55.4 cm³/mol. The lowest BCUT2D eigenvalue weighted by molar-refractivity contribution is -0.0899. The summed E-state index contributed by atoms with van der Waals surface area (Å²) in [6.45, 7) is 6.95. The zero-order valence-corrected chi connectivity index (χ0v) is 9.21. The maximum absolute atomic E-state index is 5.87. The van der Waals surface area contributed by atoms with E-state index in [1.807, 2.05) is 0 Å². The molecular formula is C11H21NO2. The highest BCUT2D eigenvalue weighted by Gasteiger charge is 2.40. The van der Waals surface area contributed by atoms with Gasteiger partial charge in [0.2, 0.25) is 0 Å². The zero-order valence-electron chi connectivity index (χ0n) is 9.21. The minimum atomic E-state index is 0.0464. The molecule has 2 atom stereocenters. The van der Waals surface area contributed by atoms with Crippen LogP contribution < -0.4 is 5.32 Å². The molecule has 0 aromatic carbocycles. The lowest BCUT2D eigenvalue weighted by Gasteiger charge is -2.38. The summed E-state index contributed by atoms with van der Waals surface area (Å²) < 4.78 is 11.3. The molecule has 0 aromatic rings. The maximum Gasteiger partial charge on any atom is 0.0951 e. The van der Waals surface area contributed by atoms with Crippen molar-refractivity contribution in [1.29, 1.82) is 0 Å². The molecule has 2 unspecified atom stereocenters. The molecule has 3 heteroatoms. The summed E-state index contributed by atoms with van der Waals surface area (Å²) in [7, 11) is 0. The Balaban J connectivity index is 1.90. The monoisotopic (exact) mass is 199 g/mol. The van der Waals surface area contributed by atoms with Gasteiger partial charge < -0.3 is 14.8 Å². The molecule has 0 aromatic heterocycles. The first-order valence-electron chi connectivity index (χ1n) is 5.68. The average molecular weight is 199 g/mol. The molecule has 2 heterocycles. The Hall–Kier alpha value is -0.120. The molecule has 3 nitrogen and oxygen atoms in total. The van der Waals surface area contributed by atoms with Gasteiger partial charge in [-0.2, -0.15) is 0 Å². The lowest BCUT2D eigenvalue weighted by atomic mass is 9.89. The standard InChI is InChI=1S/C11H21NO2/c1-9(2)12-10-3-5-14-11(7-10)4-6-13-8-11/h9-10,12H,3-8H2,1-2H3. The van der Waals surface area contributed by atoms with E-state index in [0.29, 0.717) is 12.1 Å².